The first-order chi connectivity index (χ1) is 24.7. The maximum atomic E-state index is 11.0. The van der Waals surface area contributed by atoms with Crippen LogP contribution in [-0.4, -0.2) is 24.3 Å². The summed E-state index contributed by atoms with van der Waals surface area (Å²) < 4.78 is 12.5. The molecule has 0 saturated carbocycles. The summed E-state index contributed by atoms with van der Waals surface area (Å²) in [5, 5.41) is 9.04. The van der Waals surface area contributed by atoms with Crippen molar-refractivity contribution in [3.8, 4) is 11.5 Å². The molecule has 0 fully saturated rings. The summed E-state index contributed by atoms with van der Waals surface area (Å²) in [5.41, 5.74) is 1.13. The van der Waals surface area contributed by atoms with Crippen molar-refractivity contribution in [2.24, 2.45) is 0 Å². The Kier molecular flexibility index (Phi) is 34.3. The maximum absolute atomic E-state index is 11.0. The minimum Gasteiger partial charge on any atom is -0.490 e. The van der Waals surface area contributed by atoms with E-state index in [2.05, 4.69) is 26.0 Å². The van der Waals surface area contributed by atoms with Gasteiger partial charge in [0.25, 0.3) is 0 Å². The molecule has 0 amide bonds. The summed E-state index contributed by atoms with van der Waals surface area (Å²) in [7, 11) is 0. The molecule has 1 aromatic carbocycles. The van der Waals surface area contributed by atoms with Gasteiger partial charge in [0.1, 0.15) is 0 Å². The molecule has 1 N–H and O–H groups in total. The quantitative estimate of drug-likeness (QED) is 0.0692. The number of aryl methyl sites for hydroxylation is 1. The topological polar surface area (TPSA) is 55.8 Å². The number of carboxylic acid groups (broad SMARTS) is 1. The van der Waals surface area contributed by atoms with Crippen LogP contribution in [0.25, 0.3) is 0 Å². The third-order valence-electron chi connectivity index (χ3n) is 10.4. The van der Waals surface area contributed by atoms with Crippen LogP contribution in [0.3, 0.4) is 0 Å². The van der Waals surface area contributed by atoms with Gasteiger partial charge < -0.3 is 14.6 Å². The van der Waals surface area contributed by atoms with Gasteiger partial charge in [-0.3, -0.25) is 4.79 Å². The van der Waals surface area contributed by atoms with E-state index in [4.69, 9.17) is 14.6 Å². The molecule has 0 aliphatic rings. The van der Waals surface area contributed by atoms with Gasteiger partial charge in [0.2, 0.25) is 0 Å². The van der Waals surface area contributed by atoms with Crippen molar-refractivity contribution < 1.29 is 19.4 Å². The molecule has 50 heavy (non-hydrogen) atoms. The first-order valence-electron chi connectivity index (χ1n) is 22.3. The van der Waals surface area contributed by atoms with E-state index < -0.39 is 5.97 Å². The Morgan fingerprint density at radius 1 is 0.440 bits per heavy atom. The van der Waals surface area contributed by atoms with Gasteiger partial charge >= 0.3 is 5.97 Å². The Balaban J connectivity index is 2.14. The van der Waals surface area contributed by atoms with Crippen molar-refractivity contribution in [3.63, 3.8) is 0 Å². The van der Waals surface area contributed by atoms with Crippen LogP contribution in [0.15, 0.2) is 18.2 Å². The number of hydrogen-bond donors (Lipinski definition) is 1. The monoisotopic (exact) mass is 701 g/mol. The molecular formula is C46H84O4. The second-order valence-corrected chi connectivity index (χ2v) is 15.3. The predicted octanol–water partition coefficient (Wildman–Crippen LogP) is 15.4. The summed E-state index contributed by atoms with van der Waals surface area (Å²) in [6, 6.07) is 6.19. The fourth-order valence-corrected chi connectivity index (χ4v) is 7.05. The number of carboxylic acids is 1. The van der Waals surface area contributed by atoms with Gasteiger partial charge in [-0.1, -0.05) is 213 Å². The van der Waals surface area contributed by atoms with Gasteiger partial charge in [0, 0.05) is 6.42 Å². The fourth-order valence-electron chi connectivity index (χ4n) is 7.05. The van der Waals surface area contributed by atoms with E-state index in [0.29, 0.717) is 13.0 Å². The molecule has 0 aliphatic heterocycles. The van der Waals surface area contributed by atoms with Crippen LogP contribution in [-0.2, 0) is 11.2 Å². The van der Waals surface area contributed by atoms with Crippen LogP contribution in [0.1, 0.15) is 238 Å². The molecule has 4 heteroatoms. The molecule has 0 aliphatic carbocycles. The van der Waals surface area contributed by atoms with E-state index in [-0.39, 0.29) is 6.42 Å². The highest BCUT2D eigenvalue weighted by Gasteiger charge is 2.09. The zero-order valence-corrected chi connectivity index (χ0v) is 33.6. The van der Waals surface area contributed by atoms with Crippen molar-refractivity contribution in [1.82, 2.24) is 0 Å². The second kappa shape index (κ2) is 37.1. The van der Waals surface area contributed by atoms with E-state index >= 15 is 0 Å². The maximum Gasteiger partial charge on any atom is 0.303 e. The Bertz CT molecular complexity index is 853. The molecule has 0 atom stereocenters. The standard InChI is InChI=1S/C46H84O4/c1-3-5-7-9-11-13-15-17-19-21-23-25-27-29-31-33-40-49-44-39-38-43(36-35-37-46(47)48)42-45(44)50-41-34-32-30-28-26-24-22-20-18-16-14-12-10-8-6-4-2/h38-39,42H,3-37,40-41H2,1-2H3,(H,47,48). The van der Waals surface area contributed by atoms with Crippen LogP contribution in [0.4, 0.5) is 0 Å². The predicted molar refractivity (Wildman–Crippen MR) is 217 cm³/mol. The normalized spacial score (nSPS) is 11.3. The zero-order valence-electron chi connectivity index (χ0n) is 33.6. The molecule has 4 nitrogen and oxygen atoms in total. The molecule has 0 unspecified atom stereocenters. The first-order valence-corrected chi connectivity index (χ1v) is 22.3. The van der Waals surface area contributed by atoms with Crippen LogP contribution in [0, 0.1) is 0 Å². The number of carbonyl (C=O) groups is 1. The molecular weight excluding hydrogens is 617 g/mol. The van der Waals surface area contributed by atoms with E-state index in [0.717, 1.165) is 42.9 Å². The van der Waals surface area contributed by atoms with Crippen molar-refractivity contribution in [3.05, 3.63) is 23.8 Å². The summed E-state index contributed by atoms with van der Waals surface area (Å²) in [4.78, 5) is 11.0. The largest absolute Gasteiger partial charge is 0.490 e. The van der Waals surface area contributed by atoms with Crippen LogP contribution in [0.5, 0.6) is 11.5 Å². The van der Waals surface area contributed by atoms with E-state index in [1.807, 2.05) is 6.07 Å². The lowest BCUT2D eigenvalue weighted by molar-refractivity contribution is -0.137. The highest BCUT2D eigenvalue weighted by atomic mass is 16.5. The Hall–Kier alpha value is -1.71. The summed E-state index contributed by atoms with van der Waals surface area (Å²) >= 11 is 0. The second-order valence-electron chi connectivity index (χ2n) is 15.3. The number of benzene rings is 1. The molecule has 292 valence electrons. The van der Waals surface area contributed by atoms with Crippen LogP contribution in [0.2, 0.25) is 0 Å². The van der Waals surface area contributed by atoms with Crippen molar-refractivity contribution >= 4 is 5.97 Å². The number of aliphatic carboxylic acids is 1. The minimum atomic E-state index is -0.733. The lowest BCUT2D eigenvalue weighted by Crippen LogP contribution is -2.04. The number of rotatable bonds is 40. The average molecular weight is 701 g/mol. The van der Waals surface area contributed by atoms with Crippen molar-refractivity contribution in [2.45, 2.75) is 239 Å². The Labute approximate surface area is 311 Å². The SMILES string of the molecule is CCCCCCCCCCCCCCCCCCOc1ccc(CCCC(=O)O)cc1OCCCCCCCCCCCCCCCCCC. The highest BCUT2D eigenvalue weighted by molar-refractivity contribution is 5.66. The Morgan fingerprint density at radius 3 is 1.10 bits per heavy atom. The lowest BCUT2D eigenvalue weighted by Gasteiger charge is -2.14. The number of ether oxygens (including phenoxy) is 2. The number of hydrogen-bond acceptors (Lipinski definition) is 3. The highest BCUT2D eigenvalue weighted by Crippen LogP contribution is 2.30. The summed E-state index contributed by atoms with van der Waals surface area (Å²) in [6.07, 6.45) is 45.4. The zero-order chi connectivity index (χ0) is 36.0. The fraction of sp³-hybridized carbons (Fsp3) is 0.848. The Morgan fingerprint density at radius 2 is 0.760 bits per heavy atom. The van der Waals surface area contributed by atoms with Gasteiger partial charge in [-0.2, -0.15) is 0 Å². The summed E-state index contributed by atoms with van der Waals surface area (Å²) in [6.45, 7) is 6.03. The van der Waals surface area contributed by atoms with Crippen LogP contribution < -0.4 is 9.47 Å². The van der Waals surface area contributed by atoms with E-state index in [1.54, 1.807) is 0 Å². The first kappa shape index (κ1) is 46.3. The van der Waals surface area contributed by atoms with E-state index in [9.17, 15) is 4.79 Å². The van der Waals surface area contributed by atoms with Crippen molar-refractivity contribution in [1.29, 1.82) is 0 Å². The third kappa shape index (κ3) is 31.1. The smallest absolute Gasteiger partial charge is 0.303 e. The molecule has 0 bridgehead atoms. The third-order valence-corrected chi connectivity index (χ3v) is 10.4. The molecule has 0 heterocycles. The summed E-state index contributed by atoms with van der Waals surface area (Å²) in [5.74, 6) is 0.934. The van der Waals surface area contributed by atoms with Gasteiger partial charge in [-0.05, 0) is 43.4 Å². The van der Waals surface area contributed by atoms with E-state index in [1.165, 1.54) is 193 Å². The molecule has 0 radical (unpaired) electrons. The minimum absolute atomic E-state index is 0.201. The molecule has 1 rings (SSSR count). The van der Waals surface area contributed by atoms with Crippen LogP contribution >= 0.6 is 0 Å². The lowest BCUT2D eigenvalue weighted by atomic mass is 10.0. The molecule has 1 aromatic rings. The molecule has 0 aromatic heterocycles. The van der Waals surface area contributed by atoms with Crippen molar-refractivity contribution in [2.75, 3.05) is 13.2 Å². The average Bonchev–Trinajstić information content (AvgIpc) is 3.11. The van der Waals surface area contributed by atoms with Gasteiger partial charge in [-0.25, -0.2) is 0 Å². The van der Waals surface area contributed by atoms with Gasteiger partial charge in [-0.15, -0.1) is 0 Å². The molecule has 0 spiro atoms. The van der Waals surface area contributed by atoms with Gasteiger partial charge in [0.05, 0.1) is 13.2 Å². The van der Waals surface area contributed by atoms with Gasteiger partial charge in [0.15, 0.2) is 11.5 Å². The number of unbranched alkanes of at least 4 members (excludes halogenated alkanes) is 30. The molecule has 0 saturated heterocycles.